The number of benzene rings is 3. The molecular weight excluding hydrogens is 495 g/mol. The molecule has 190 valence electrons. The second-order valence-corrected chi connectivity index (χ2v) is 9.28. The summed E-state index contributed by atoms with van der Waals surface area (Å²) in [5.41, 5.74) is 3.85. The fraction of sp³-hybridized carbons (Fsp3) is 0.241. The van der Waals surface area contributed by atoms with Crippen LogP contribution < -0.4 is 9.47 Å². The number of fused-ring (bicyclic) bond motifs is 1. The number of oxazole rings is 1. The zero-order chi connectivity index (χ0) is 26.1. The quantitative estimate of drug-likeness (QED) is 0.304. The molecule has 1 amide bonds. The van der Waals surface area contributed by atoms with Gasteiger partial charge >= 0.3 is 0 Å². The van der Waals surface area contributed by atoms with Crippen molar-refractivity contribution < 1.29 is 23.1 Å². The fourth-order valence-electron chi connectivity index (χ4n) is 4.83. The van der Waals surface area contributed by atoms with Crippen molar-refractivity contribution in [1.82, 2.24) is 9.88 Å². The number of methoxy groups -OCH3 is 2. The van der Waals surface area contributed by atoms with Gasteiger partial charge in [-0.25, -0.2) is 9.37 Å². The van der Waals surface area contributed by atoms with Crippen LogP contribution in [0.4, 0.5) is 4.39 Å². The van der Waals surface area contributed by atoms with Gasteiger partial charge in [-0.05, 0) is 66.4 Å². The first-order chi connectivity index (χ1) is 17.9. The highest BCUT2D eigenvalue weighted by atomic mass is 35.5. The lowest BCUT2D eigenvalue weighted by Gasteiger charge is -2.38. The molecule has 2 heterocycles. The summed E-state index contributed by atoms with van der Waals surface area (Å²) in [6.45, 7) is 2.25. The van der Waals surface area contributed by atoms with Gasteiger partial charge in [-0.3, -0.25) is 4.79 Å². The molecule has 0 unspecified atom stereocenters. The molecule has 0 spiro atoms. The number of nitrogens with zero attached hydrogens (tertiary/aromatic N) is 2. The number of aryl methyl sites for hydroxylation is 1. The maximum atomic E-state index is 13.8. The summed E-state index contributed by atoms with van der Waals surface area (Å²) in [7, 11) is 3.19. The monoisotopic (exact) mass is 520 g/mol. The molecule has 0 N–H and O–H groups in total. The van der Waals surface area contributed by atoms with Crippen molar-refractivity contribution in [1.29, 1.82) is 0 Å². The molecule has 0 saturated heterocycles. The normalized spacial score (nSPS) is 14.8. The van der Waals surface area contributed by atoms with E-state index in [0.717, 1.165) is 16.7 Å². The highest BCUT2D eigenvalue weighted by Gasteiger charge is 2.35. The molecule has 1 aromatic heterocycles. The van der Waals surface area contributed by atoms with E-state index in [0.29, 0.717) is 46.5 Å². The Hall–Kier alpha value is -3.84. The van der Waals surface area contributed by atoms with Gasteiger partial charge in [0.15, 0.2) is 11.5 Å². The highest BCUT2D eigenvalue weighted by Crippen LogP contribution is 2.43. The molecule has 0 bridgehead atoms. The largest absolute Gasteiger partial charge is 0.493 e. The fourth-order valence-corrected chi connectivity index (χ4v) is 5.07. The first-order valence-corrected chi connectivity index (χ1v) is 12.3. The lowest BCUT2D eigenvalue weighted by molar-refractivity contribution is -0.132. The second-order valence-electron chi connectivity index (χ2n) is 8.88. The zero-order valence-corrected chi connectivity index (χ0v) is 21.5. The van der Waals surface area contributed by atoms with Crippen molar-refractivity contribution in [2.45, 2.75) is 25.8 Å². The van der Waals surface area contributed by atoms with Gasteiger partial charge in [-0.2, -0.15) is 0 Å². The van der Waals surface area contributed by atoms with E-state index >= 15 is 0 Å². The number of rotatable bonds is 6. The molecule has 6 nitrogen and oxygen atoms in total. The number of carbonyl (C=O) groups excluding carboxylic acids is 1. The van der Waals surface area contributed by atoms with E-state index in [-0.39, 0.29) is 24.0 Å². The zero-order valence-electron chi connectivity index (χ0n) is 20.8. The van der Waals surface area contributed by atoms with Gasteiger partial charge in [0.2, 0.25) is 11.8 Å². The van der Waals surface area contributed by atoms with E-state index in [1.165, 1.54) is 12.1 Å². The minimum Gasteiger partial charge on any atom is -0.493 e. The summed E-state index contributed by atoms with van der Waals surface area (Å²) in [5.74, 6) is 1.52. The molecule has 0 saturated carbocycles. The van der Waals surface area contributed by atoms with Crippen LogP contribution in [0.15, 0.2) is 65.1 Å². The Bertz CT molecular complexity index is 1470. The molecule has 0 aliphatic carbocycles. The summed E-state index contributed by atoms with van der Waals surface area (Å²) < 4.78 is 30.6. The Kier molecular flexibility index (Phi) is 6.89. The number of amides is 1. The lowest BCUT2D eigenvalue weighted by atomic mass is 9.87. The standard InChI is InChI=1S/C29H26ClFN2O4/c1-17-24(32-29(37-17)19-7-6-8-20(31)13-19)16-27(34)33-12-11-18-14-25(35-2)26(36-3)15-22(18)28(33)21-9-4-5-10-23(21)30/h4-10,13-15,28H,11-12,16H2,1-3H3/t28-/m1/s1. The minimum absolute atomic E-state index is 0.0359. The van der Waals surface area contributed by atoms with Crippen LogP contribution in [0.2, 0.25) is 5.02 Å². The van der Waals surface area contributed by atoms with E-state index in [1.807, 2.05) is 41.3 Å². The predicted octanol–water partition coefficient (Wildman–Crippen LogP) is 6.18. The third kappa shape index (κ3) is 4.79. The van der Waals surface area contributed by atoms with E-state index < -0.39 is 6.04 Å². The first-order valence-electron chi connectivity index (χ1n) is 11.9. The van der Waals surface area contributed by atoms with Crippen LogP contribution in [0.1, 0.15) is 34.2 Å². The maximum Gasteiger partial charge on any atom is 0.229 e. The van der Waals surface area contributed by atoms with Crippen molar-refractivity contribution in [2.75, 3.05) is 20.8 Å². The minimum atomic E-state index is -0.417. The van der Waals surface area contributed by atoms with E-state index in [1.54, 1.807) is 33.3 Å². The van der Waals surface area contributed by atoms with Crippen LogP contribution in [0, 0.1) is 12.7 Å². The molecule has 0 radical (unpaired) electrons. The lowest BCUT2D eigenvalue weighted by Crippen LogP contribution is -2.41. The Balaban J connectivity index is 1.52. The molecule has 8 heteroatoms. The summed E-state index contributed by atoms with van der Waals surface area (Å²) in [6, 6.07) is 17.0. The smallest absolute Gasteiger partial charge is 0.229 e. The van der Waals surface area contributed by atoms with E-state index in [2.05, 4.69) is 4.98 Å². The molecule has 4 aromatic rings. The predicted molar refractivity (Wildman–Crippen MR) is 139 cm³/mol. The van der Waals surface area contributed by atoms with Crippen LogP contribution in [0.3, 0.4) is 0 Å². The van der Waals surface area contributed by atoms with Gasteiger partial charge in [0.25, 0.3) is 0 Å². The number of ether oxygens (including phenoxy) is 2. The van der Waals surface area contributed by atoms with Crippen LogP contribution >= 0.6 is 11.6 Å². The number of halogens is 2. The van der Waals surface area contributed by atoms with Crippen LogP contribution in [-0.4, -0.2) is 36.6 Å². The van der Waals surface area contributed by atoms with Crippen molar-refractivity contribution >= 4 is 17.5 Å². The number of hydrogen-bond donors (Lipinski definition) is 0. The summed E-state index contributed by atoms with van der Waals surface area (Å²) in [5, 5.41) is 0.568. The topological polar surface area (TPSA) is 64.8 Å². The van der Waals surface area contributed by atoms with Gasteiger partial charge in [0.1, 0.15) is 11.6 Å². The van der Waals surface area contributed by atoms with Crippen LogP contribution in [-0.2, 0) is 17.6 Å². The van der Waals surface area contributed by atoms with E-state index in [4.69, 9.17) is 25.5 Å². The van der Waals surface area contributed by atoms with Gasteiger partial charge < -0.3 is 18.8 Å². The summed E-state index contributed by atoms with van der Waals surface area (Å²) in [4.78, 5) is 20.1. The maximum absolute atomic E-state index is 13.8. The summed E-state index contributed by atoms with van der Waals surface area (Å²) >= 11 is 6.64. The molecule has 1 atom stereocenters. The Morgan fingerprint density at radius 1 is 1.08 bits per heavy atom. The van der Waals surface area contributed by atoms with Crippen LogP contribution in [0.25, 0.3) is 11.5 Å². The molecule has 3 aromatic carbocycles. The highest BCUT2D eigenvalue weighted by molar-refractivity contribution is 6.31. The number of aromatic nitrogens is 1. The average Bonchev–Trinajstić information content (AvgIpc) is 3.27. The number of hydrogen-bond acceptors (Lipinski definition) is 5. The Morgan fingerprint density at radius 2 is 1.84 bits per heavy atom. The third-order valence-electron chi connectivity index (χ3n) is 6.68. The van der Waals surface area contributed by atoms with Crippen molar-refractivity contribution in [3.05, 3.63) is 99.6 Å². The van der Waals surface area contributed by atoms with Gasteiger partial charge in [0, 0.05) is 17.1 Å². The van der Waals surface area contributed by atoms with Gasteiger partial charge in [0.05, 0.1) is 32.4 Å². The van der Waals surface area contributed by atoms with Crippen molar-refractivity contribution in [3.8, 4) is 23.0 Å². The number of carbonyl (C=O) groups is 1. The Morgan fingerprint density at radius 3 is 2.57 bits per heavy atom. The SMILES string of the molecule is COc1cc2c(cc1OC)[C@@H](c1ccccc1Cl)N(C(=O)Cc1nc(-c3cccc(F)c3)oc1C)CC2. The summed E-state index contributed by atoms with van der Waals surface area (Å²) in [6.07, 6.45) is 0.683. The molecule has 5 rings (SSSR count). The molecule has 1 aliphatic heterocycles. The van der Waals surface area contributed by atoms with Crippen molar-refractivity contribution in [3.63, 3.8) is 0 Å². The van der Waals surface area contributed by atoms with Crippen molar-refractivity contribution in [2.24, 2.45) is 0 Å². The molecule has 37 heavy (non-hydrogen) atoms. The molecule has 0 fully saturated rings. The molecular formula is C29H26ClFN2O4. The Labute approximate surface area is 219 Å². The molecule has 1 aliphatic rings. The van der Waals surface area contributed by atoms with Gasteiger partial charge in [-0.15, -0.1) is 0 Å². The van der Waals surface area contributed by atoms with Gasteiger partial charge in [-0.1, -0.05) is 35.9 Å². The first kappa shape index (κ1) is 24.8. The second kappa shape index (κ2) is 10.3. The third-order valence-corrected chi connectivity index (χ3v) is 7.02. The van der Waals surface area contributed by atoms with E-state index in [9.17, 15) is 9.18 Å². The van der Waals surface area contributed by atoms with Crippen LogP contribution in [0.5, 0.6) is 11.5 Å². The average molecular weight is 521 g/mol.